The average Bonchev–Trinajstić information content (AvgIpc) is 2.60. The normalized spacial score (nSPS) is 21.8. The molecule has 1 rings (SSSR count). The van der Waals surface area contributed by atoms with Crippen LogP contribution in [0.15, 0.2) is 0 Å². The van der Waals surface area contributed by atoms with Gasteiger partial charge in [0.05, 0.1) is 39.0 Å². The second-order valence-corrected chi connectivity index (χ2v) is 10.2. The Morgan fingerprint density at radius 3 is 1.27 bits per heavy atom. The Kier molecular flexibility index (Phi) is 11.8. The molecule has 26 heavy (non-hydrogen) atoms. The van der Waals surface area contributed by atoms with E-state index >= 15 is 0 Å². The van der Waals surface area contributed by atoms with Crippen LogP contribution in [0.1, 0.15) is 53.4 Å². The van der Waals surface area contributed by atoms with Gasteiger partial charge in [0, 0.05) is 12.1 Å². The topological polar surface area (TPSA) is 95.1 Å². The molecule has 0 aromatic carbocycles. The number of hydrogen-bond donors (Lipinski definition) is 2. The van der Waals surface area contributed by atoms with Crippen molar-refractivity contribution in [3.05, 3.63) is 0 Å². The minimum absolute atomic E-state index is 0.106. The first kappa shape index (κ1) is 24.3. The molecule has 0 radical (unpaired) electrons. The molecule has 1 saturated carbocycles. The van der Waals surface area contributed by atoms with Crippen LogP contribution in [-0.2, 0) is 27.2 Å². The van der Waals surface area contributed by atoms with Crippen molar-refractivity contribution in [1.82, 2.24) is 10.6 Å². The molecule has 156 valence electrons. The fraction of sp³-hybridized carbons (Fsp3) is 1.00. The van der Waals surface area contributed by atoms with Crippen molar-refractivity contribution in [1.29, 1.82) is 0 Å². The van der Waals surface area contributed by atoms with Crippen LogP contribution in [-0.4, -0.2) is 51.1 Å². The molecule has 0 spiro atoms. The molecule has 10 heteroatoms. The maximum atomic E-state index is 12.6. The molecule has 0 unspecified atom stereocenters. The van der Waals surface area contributed by atoms with Crippen LogP contribution in [0.3, 0.4) is 0 Å². The van der Waals surface area contributed by atoms with Crippen molar-refractivity contribution in [3.8, 4) is 0 Å². The summed E-state index contributed by atoms with van der Waals surface area (Å²) in [6.07, 6.45) is 4.43. The van der Waals surface area contributed by atoms with Crippen LogP contribution >= 0.6 is 15.2 Å². The third-order valence-electron chi connectivity index (χ3n) is 4.16. The van der Waals surface area contributed by atoms with Gasteiger partial charge < -0.3 is 28.7 Å². The van der Waals surface area contributed by atoms with Gasteiger partial charge in [0.2, 0.25) is 0 Å². The Morgan fingerprint density at radius 1 is 0.692 bits per heavy atom. The number of nitrogens with one attached hydrogen (secondary N) is 2. The molecule has 0 heterocycles. The molecule has 2 atom stereocenters. The van der Waals surface area contributed by atoms with Gasteiger partial charge in [-0.05, 0) is 40.5 Å². The zero-order chi connectivity index (χ0) is 19.5. The lowest BCUT2D eigenvalue weighted by atomic mass is 9.91. The molecular weight excluding hydrogens is 378 g/mol. The molecule has 0 saturated heterocycles. The van der Waals surface area contributed by atoms with E-state index in [1.54, 1.807) is 27.7 Å². The molecule has 0 aromatic rings. The lowest BCUT2D eigenvalue weighted by Gasteiger charge is -2.34. The smallest absolute Gasteiger partial charge is 0.308 e. The predicted molar refractivity (Wildman–Crippen MR) is 104 cm³/mol. The Hall–Kier alpha value is 0.220. The van der Waals surface area contributed by atoms with E-state index in [9.17, 15) is 9.13 Å². The van der Waals surface area contributed by atoms with E-state index < -0.39 is 15.2 Å². The molecule has 1 aliphatic rings. The minimum Gasteiger partial charge on any atom is -0.308 e. The Labute approximate surface area is 158 Å². The highest BCUT2D eigenvalue weighted by atomic mass is 31.2. The van der Waals surface area contributed by atoms with E-state index in [1.165, 1.54) is 0 Å². The standard InChI is InChI=1S/C16H36N2O6P2/c1-5-21-25(19,22-6-2)13-17-15-11-9-10-12-16(15)18-14-26(20,23-7-3)24-8-4/h15-18H,5-14H2,1-4H3/t15-,16-/m0/s1. The van der Waals surface area contributed by atoms with E-state index in [-0.39, 0.29) is 24.7 Å². The van der Waals surface area contributed by atoms with E-state index in [1.807, 2.05) is 0 Å². The first-order chi connectivity index (χ1) is 12.4. The fourth-order valence-electron chi connectivity index (χ4n) is 3.12. The van der Waals surface area contributed by atoms with Crippen LogP contribution in [0.4, 0.5) is 0 Å². The quantitative estimate of drug-likeness (QED) is 0.413. The van der Waals surface area contributed by atoms with Crippen LogP contribution in [0.25, 0.3) is 0 Å². The summed E-state index contributed by atoms with van der Waals surface area (Å²) >= 11 is 0. The minimum atomic E-state index is -3.13. The van der Waals surface area contributed by atoms with E-state index in [2.05, 4.69) is 10.6 Å². The Balaban J connectivity index is 2.63. The summed E-state index contributed by atoms with van der Waals surface area (Å²) in [4.78, 5) is 0. The highest BCUT2D eigenvalue weighted by molar-refractivity contribution is 7.54. The highest BCUT2D eigenvalue weighted by Gasteiger charge is 2.32. The van der Waals surface area contributed by atoms with Crippen molar-refractivity contribution in [2.45, 2.75) is 65.5 Å². The Morgan fingerprint density at radius 2 is 1.00 bits per heavy atom. The van der Waals surface area contributed by atoms with E-state index in [0.717, 1.165) is 25.7 Å². The molecule has 0 bridgehead atoms. The maximum Gasteiger partial charge on any atom is 0.344 e. The fourth-order valence-corrected chi connectivity index (χ4v) is 6.13. The van der Waals surface area contributed by atoms with Crippen LogP contribution in [0, 0.1) is 0 Å². The molecule has 8 nitrogen and oxygen atoms in total. The first-order valence-electron chi connectivity index (χ1n) is 9.65. The lowest BCUT2D eigenvalue weighted by Crippen LogP contribution is -2.50. The molecule has 0 amide bonds. The van der Waals surface area contributed by atoms with Gasteiger partial charge in [-0.15, -0.1) is 0 Å². The summed E-state index contributed by atoms with van der Waals surface area (Å²) in [5, 5.41) is 6.67. The summed E-state index contributed by atoms with van der Waals surface area (Å²) in [7, 11) is -6.26. The molecular formula is C16H36N2O6P2. The molecule has 2 N–H and O–H groups in total. The van der Waals surface area contributed by atoms with Crippen LogP contribution in [0.5, 0.6) is 0 Å². The van der Waals surface area contributed by atoms with E-state index in [4.69, 9.17) is 18.1 Å². The van der Waals surface area contributed by atoms with Gasteiger partial charge in [0.15, 0.2) is 0 Å². The van der Waals surface area contributed by atoms with Crippen molar-refractivity contribution < 1.29 is 27.2 Å². The van der Waals surface area contributed by atoms with Crippen molar-refractivity contribution in [2.24, 2.45) is 0 Å². The molecule has 0 aliphatic heterocycles. The number of rotatable bonds is 14. The highest BCUT2D eigenvalue weighted by Crippen LogP contribution is 2.48. The van der Waals surface area contributed by atoms with Gasteiger partial charge in [0.25, 0.3) is 0 Å². The monoisotopic (exact) mass is 414 g/mol. The Bertz CT molecular complexity index is 418. The van der Waals surface area contributed by atoms with Gasteiger partial charge >= 0.3 is 15.2 Å². The molecule has 0 aromatic heterocycles. The molecule has 1 aliphatic carbocycles. The van der Waals surface area contributed by atoms with Gasteiger partial charge in [-0.2, -0.15) is 0 Å². The lowest BCUT2D eigenvalue weighted by molar-refractivity contribution is 0.206. The van der Waals surface area contributed by atoms with Crippen LogP contribution in [0.2, 0.25) is 0 Å². The zero-order valence-corrected chi connectivity index (χ0v) is 18.4. The second-order valence-electron chi connectivity index (χ2n) is 6.11. The van der Waals surface area contributed by atoms with Gasteiger partial charge in [0.1, 0.15) is 0 Å². The van der Waals surface area contributed by atoms with E-state index in [0.29, 0.717) is 26.4 Å². The average molecular weight is 414 g/mol. The molecule has 1 fully saturated rings. The third kappa shape index (κ3) is 8.49. The predicted octanol–water partition coefficient (Wildman–Crippen LogP) is 3.92. The van der Waals surface area contributed by atoms with Crippen molar-refractivity contribution in [3.63, 3.8) is 0 Å². The zero-order valence-electron chi connectivity index (χ0n) is 16.6. The summed E-state index contributed by atoms with van der Waals surface area (Å²) in [5.74, 6) is 0. The summed E-state index contributed by atoms with van der Waals surface area (Å²) in [6, 6.07) is 0.212. The summed E-state index contributed by atoms with van der Waals surface area (Å²) in [5.41, 5.74) is 0. The SMILES string of the molecule is CCOP(=O)(CN[C@H]1CCCC[C@@H]1NCP(=O)(OCC)OCC)OCC. The number of hydrogen-bond acceptors (Lipinski definition) is 8. The summed E-state index contributed by atoms with van der Waals surface area (Å²) in [6.45, 7) is 8.58. The van der Waals surface area contributed by atoms with Gasteiger partial charge in [-0.25, -0.2) is 0 Å². The summed E-state index contributed by atoms with van der Waals surface area (Å²) < 4.78 is 46.6. The largest absolute Gasteiger partial charge is 0.344 e. The first-order valence-corrected chi connectivity index (χ1v) is 13.1. The van der Waals surface area contributed by atoms with Gasteiger partial charge in [-0.3, -0.25) is 9.13 Å². The third-order valence-corrected chi connectivity index (χ3v) is 7.91. The van der Waals surface area contributed by atoms with Crippen LogP contribution < -0.4 is 10.6 Å². The maximum absolute atomic E-state index is 12.6. The van der Waals surface area contributed by atoms with Crippen molar-refractivity contribution >= 4 is 15.2 Å². The van der Waals surface area contributed by atoms with Gasteiger partial charge in [-0.1, -0.05) is 12.8 Å². The second kappa shape index (κ2) is 12.6. The van der Waals surface area contributed by atoms with Crippen molar-refractivity contribution in [2.75, 3.05) is 39.0 Å².